The van der Waals surface area contributed by atoms with Gasteiger partial charge in [-0.3, -0.25) is 4.79 Å². The highest BCUT2D eigenvalue weighted by Gasteiger charge is 2.36. The number of ether oxygens (including phenoxy) is 1. The van der Waals surface area contributed by atoms with Crippen molar-refractivity contribution in [2.45, 2.75) is 51.6 Å². The lowest BCUT2D eigenvalue weighted by Crippen LogP contribution is -2.32. The third-order valence-electron chi connectivity index (χ3n) is 6.85. The molecule has 1 unspecified atom stereocenters. The van der Waals surface area contributed by atoms with Crippen molar-refractivity contribution in [2.75, 3.05) is 7.11 Å². The summed E-state index contributed by atoms with van der Waals surface area (Å²) in [7, 11) is 1.45. The smallest absolute Gasteiger partial charge is 0.341 e. The Morgan fingerprint density at radius 2 is 2.06 bits per heavy atom. The molecule has 32 heavy (non-hydrogen) atoms. The molecule has 1 atom stereocenters. The number of carboxylic acid groups (broad SMARTS) is 1. The molecule has 2 aliphatic carbocycles. The number of aromatic nitrogens is 1. The minimum absolute atomic E-state index is 0.0223. The van der Waals surface area contributed by atoms with Gasteiger partial charge in [0, 0.05) is 28.0 Å². The van der Waals surface area contributed by atoms with Gasteiger partial charge in [0.25, 0.3) is 0 Å². The highest BCUT2D eigenvalue weighted by molar-refractivity contribution is 7.15. The number of nitrogens with two attached hydrogens (primary N) is 1. The maximum atomic E-state index is 15.5. The predicted molar refractivity (Wildman–Crippen MR) is 122 cm³/mol. The zero-order valence-electron chi connectivity index (χ0n) is 18.2. The molecule has 2 heterocycles. The fraction of sp³-hybridized carbons (Fsp3) is 0.417. The van der Waals surface area contributed by atoms with Gasteiger partial charge < -0.3 is 20.1 Å². The molecule has 1 saturated carbocycles. The minimum atomic E-state index is -1.32. The summed E-state index contributed by atoms with van der Waals surface area (Å²) in [4.78, 5) is 26.3. The summed E-state index contributed by atoms with van der Waals surface area (Å²) in [5.74, 6) is -1.67. The molecule has 0 spiro atoms. The lowest BCUT2D eigenvalue weighted by atomic mass is 9.74. The molecule has 168 valence electrons. The Hall–Kier alpha value is -2.71. The van der Waals surface area contributed by atoms with Gasteiger partial charge >= 0.3 is 5.97 Å². The van der Waals surface area contributed by atoms with Crippen LogP contribution in [0.25, 0.3) is 21.3 Å². The molecule has 8 heteroatoms. The van der Waals surface area contributed by atoms with Crippen molar-refractivity contribution in [3.63, 3.8) is 0 Å². The second kappa shape index (κ2) is 7.15. The number of carboxylic acids is 1. The molecule has 5 rings (SSSR count). The number of rotatable bonds is 4. The summed E-state index contributed by atoms with van der Waals surface area (Å²) in [5.41, 5.74) is 7.29. The Kier molecular flexibility index (Phi) is 4.73. The summed E-state index contributed by atoms with van der Waals surface area (Å²) >= 11 is 1.47. The van der Waals surface area contributed by atoms with Gasteiger partial charge in [0.2, 0.25) is 5.43 Å². The van der Waals surface area contributed by atoms with Crippen LogP contribution in [0.2, 0.25) is 0 Å². The van der Waals surface area contributed by atoms with Gasteiger partial charge in [-0.15, -0.1) is 11.3 Å². The van der Waals surface area contributed by atoms with E-state index in [4.69, 9.17) is 10.5 Å². The van der Waals surface area contributed by atoms with Crippen molar-refractivity contribution in [3.05, 3.63) is 50.4 Å². The topological polar surface area (TPSA) is 94.6 Å². The van der Waals surface area contributed by atoms with E-state index in [0.29, 0.717) is 16.0 Å². The third kappa shape index (κ3) is 3.08. The zero-order valence-corrected chi connectivity index (χ0v) is 19.0. The molecule has 2 aliphatic rings. The standard InChI is InChI=1S/C24H25FN2O4S/c1-24(2)7-6-11-8-16(32-21(11)22(24)26)17-15(25)9-13-18(20(17)31-3)27(12-4-5-12)10-14(19(13)28)23(29)30/h8-10,12,22H,4-7,26H2,1-3H3,(H,29,30). The van der Waals surface area contributed by atoms with Gasteiger partial charge in [-0.1, -0.05) is 13.8 Å². The summed E-state index contributed by atoms with van der Waals surface area (Å²) < 4.78 is 23.0. The van der Waals surface area contributed by atoms with Crippen LogP contribution in [0.1, 0.15) is 66.0 Å². The maximum absolute atomic E-state index is 15.5. The zero-order chi connectivity index (χ0) is 22.9. The quantitative estimate of drug-likeness (QED) is 0.583. The molecule has 2 aromatic heterocycles. The highest BCUT2D eigenvalue weighted by Crippen LogP contribution is 2.50. The molecule has 0 radical (unpaired) electrons. The Morgan fingerprint density at radius 1 is 1.34 bits per heavy atom. The molecule has 1 fully saturated rings. The van der Waals surface area contributed by atoms with Gasteiger partial charge in [0.15, 0.2) is 5.75 Å². The minimum Gasteiger partial charge on any atom is -0.494 e. The molecular formula is C24H25FN2O4S. The van der Waals surface area contributed by atoms with Gasteiger partial charge in [-0.05, 0) is 48.8 Å². The van der Waals surface area contributed by atoms with E-state index >= 15 is 4.39 Å². The average Bonchev–Trinajstić information content (AvgIpc) is 3.49. The SMILES string of the molecule is COc1c(-c2cc3c(s2)C(N)C(C)(C)CC3)c(F)cc2c(=O)c(C(=O)O)cn(C3CC3)c12. The van der Waals surface area contributed by atoms with E-state index in [2.05, 4.69) is 13.8 Å². The summed E-state index contributed by atoms with van der Waals surface area (Å²) in [6.45, 7) is 4.29. The first-order chi connectivity index (χ1) is 15.1. The number of hydrogen-bond acceptors (Lipinski definition) is 5. The number of benzene rings is 1. The lowest BCUT2D eigenvalue weighted by molar-refractivity contribution is 0.0695. The molecule has 1 aromatic carbocycles. The largest absolute Gasteiger partial charge is 0.494 e. The predicted octanol–water partition coefficient (Wildman–Crippen LogP) is 4.88. The average molecular weight is 457 g/mol. The Bertz CT molecular complexity index is 1340. The molecule has 0 aliphatic heterocycles. The highest BCUT2D eigenvalue weighted by atomic mass is 32.1. The molecule has 3 aromatic rings. The summed E-state index contributed by atoms with van der Waals surface area (Å²) in [6, 6.07) is 3.06. The Balaban J connectivity index is 1.80. The van der Waals surface area contributed by atoms with Crippen LogP contribution >= 0.6 is 11.3 Å². The first kappa shape index (κ1) is 21.2. The number of aryl methyl sites for hydroxylation is 1. The fourth-order valence-corrected chi connectivity index (χ4v) is 6.13. The molecule has 0 bridgehead atoms. The van der Waals surface area contributed by atoms with E-state index in [-0.39, 0.29) is 34.2 Å². The van der Waals surface area contributed by atoms with Crippen molar-refractivity contribution < 1.29 is 19.0 Å². The van der Waals surface area contributed by atoms with E-state index in [0.717, 1.165) is 42.2 Å². The van der Waals surface area contributed by atoms with Crippen LogP contribution in [-0.2, 0) is 6.42 Å². The number of methoxy groups -OCH3 is 1. The fourth-order valence-electron chi connectivity index (χ4n) is 4.67. The van der Waals surface area contributed by atoms with Crippen LogP contribution in [-0.4, -0.2) is 22.8 Å². The van der Waals surface area contributed by atoms with E-state index in [1.165, 1.54) is 24.6 Å². The van der Waals surface area contributed by atoms with E-state index in [1.54, 1.807) is 4.57 Å². The van der Waals surface area contributed by atoms with Crippen LogP contribution in [0.15, 0.2) is 23.1 Å². The molecule has 6 nitrogen and oxygen atoms in total. The van der Waals surface area contributed by atoms with Gasteiger partial charge in [0.1, 0.15) is 11.4 Å². The third-order valence-corrected chi connectivity index (χ3v) is 8.13. The number of halogens is 1. The van der Waals surface area contributed by atoms with Crippen molar-refractivity contribution in [1.29, 1.82) is 0 Å². The monoisotopic (exact) mass is 456 g/mol. The summed E-state index contributed by atoms with van der Waals surface area (Å²) in [5, 5.41) is 9.51. The number of aromatic carboxylic acids is 1. The number of pyridine rings is 1. The Morgan fingerprint density at radius 3 is 2.69 bits per heavy atom. The maximum Gasteiger partial charge on any atom is 0.341 e. The molecule has 0 saturated heterocycles. The molecular weight excluding hydrogens is 431 g/mol. The van der Waals surface area contributed by atoms with Crippen molar-refractivity contribution in [3.8, 4) is 16.2 Å². The number of hydrogen-bond donors (Lipinski definition) is 2. The summed E-state index contributed by atoms with van der Waals surface area (Å²) in [6.07, 6.45) is 4.92. The van der Waals surface area contributed by atoms with Crippen LogP contribution in [0.4, 0.5) is 4.39 Å². The number of fused-ring (bicyclic) bond motifs is 2. The molecule has 3 N–H and O–H groups in total. The Labute approximate surface area is 188 Å². The number of carbonyl (C=O) groups is 1. The van der Waals surface area contributed by atoms with Crippen molar-refractivity contribution >= 4 is 28.2 Å². The number of thiophene rings is 1. The van der Waals surface area contributed by atoms with Crippen LogP contribution < -0.4 is 15.9 Å². The van der Waals surface area contributed by atoms with Crippen molar-refractivity contribution in [1.82, 2.24) is 4.57 Å². The first-order valence-corrected chi connectivity index (χ1v) is 11.5. The van der Waals surface area contributed by atoms with Gasteiger partial charge in [-0.25, -0.2) is 9.18 Å². The second-order valence-electron chi connectivity index (χ2n) is 9.44. The van der Waals surface area contributed by atoms with Crippen molar-refractivity contribution in [2.24, 2.45) is 11.1 Å². The van der Waals surface area contributed by atoms with Gasteiger partial charge in [0.05, 0.1) is 23.6 Å². The van der Waals surface area contributed by atoms with E-state index < -0.39 is 17.2 Å². The van der Waals surface area contributed by atoms with Gasteiger partial charge in [-0.2, -0.15) is 0 Å². The van der Waals surface area contributed by atoms with E-state index in [1.807, 2.05) is 6.07 Å². The van der Waals surface area contributed by atoms with Crippen LogP contribution in [0.3, 0.4) is 0 Å². The van der Waals surface area contributed by atoms with E-state index in [9.17, 15) is 14.7 Å². The number of nitrogens with zero attached hydrogens (tertiary/aromatic N) is 1. The van der Waals surface area contributed by atoms with Crippen LogP contribution in [0.5, 0.6) is 5.75 Å². The lowest BCUT2D eigenvalue weighted by Gasteiger charge is -2.35. The molecule has 0 amide bonds. The second-order valence-corrected chi connectivity index (χ2v) is 10.5. The normalized spacial score (nSPS) is 19.7. The first-order valence-electron chi connectivity index (χ1n) is 10.7. The van der Waals surface area contributed by atoms with Crippen LogP contribution in [0, 0.1) is 11.2 Å².